The van der Waals surface area contributed by atoms with Crippen molar-refractivity contribution in [2.24, 2.45) is 11.3 Å². The number of aryl methyl sites for hydroxylation is 1. The van der Waals surface area contributed by atoms with Gasteiger partial charge in [-0.2, -0.15) is 0 Å². The molecule has 0 amide bonds. The Morgan fingerprint density at radius 3 is 2.50 bits per heavy atom. The van der Waals surface area contributed by atoms with E-state index in [-0.39, 0.29) is 0 Å². The van der Waals surface area contributed by atoms with Crippen LogP contribution in [0.3, 0.4) is 0 Å². The predicted molar refractivity (Wildman–Crippen MR) is 67.3 cm³/mol. The summed E-state index contributed by atoms with van der Waals surface area (Å²) >= 11 is 5.33. The maximum absolute atomic E-state index is 4.51. The molecule has 3 heteroatoms. The van der Waals surface area contributed by atoms with Crippen LogP contribution in [0.5, 0.6) is 0 Å². The fraction of sp³-hybridized carbons (Fsp3) is 0.727. The normalized spacial score (nSPS) is 14.4. The second-order valence-corrected chi connectivity index (χ2v) is 6.49. The van der Waals surface area contributed by atoms with Gasteiger partial charge in [-0.15, -0.1) is 11.3 Å². The third-order valence-electron chi connectivity index (χ3n) is 2.53. The van der Waals surface area contributed by atoms with E-state index in [9.17, 15) is 0 Å². The molecule has 0 saturated heterocycles. The minimum Gasteiger partial charge on any atom is -0.247 e. The van der Waals surface area contributed by atoms with E-state index >= 15 is 0 Å². The zero-order valence-electron chi connectivity index (χ0n) is 9.30. The van der Waals surface area contributed by atoms with Crippen molar-refractivity contribution in [3.63, 3.8) is 0 Å². The fourth-order valence-electron chi connectivity index (χ4n) is 1.35. The molecule has 0 radical (unpaired) electrons. The third kappa shape index (κ3) is 3.35. The SMILES string of the molecule is Cc1nc(CC(CBr)C(C)(C)C)cs1. The van der Waals surface area contributed by atoms with Crippen molar-refractivity contribution >= 4 is 27.3 Å². The number of hydrogen-bond donors (Lipinski definition) is 0. The van der Waals surface area contributed by atoms with Crippen molar-refractivity contribution < 1.29 is 0 Å². The van der Waals surface area contributed by atoms with Crippen LogP contribution in [-0.2, 0) is 6.42 Å². The summed E-state index contributed by atoms with van der Waals surface area (Å²) in [6.45, 7) is 8.93. The average Bonchev–Trinajstić information content (AvgIpc) is 2.45. The molecule has 1 aromatic rings. The lowest BCUT2D eigenvalue weighted by molar-refractivity contribution is 0.265. The van der Waals surface area contributed by atoms with Gasteiger partial charge in [0.05, 0.1) is 10.7 Å². The summed E-state index contributed by atoms with van der Waals surface area (Å²) in [5, 5.41) is 4.39. The number of aromatic nitrogens is 1. The van der Waals surface area contributed by atoms with Crippen molar-refractivity contribution in [2.75, 3.05) is 5.33 Å². The second kappa shape index (κ2) is 4.75. The quantitative estimate of drug-likeness (QED) is 0.759. The number of rotatable bonds is 3. The second-order valence-electron chi connectivity index (χ2n) is 4.78. The summed E-state index contributed by atoms with van der Waals surface area (Å²) in [5.74, 6) is 0.656. The molecular weight excluding hydrogens is 258 g/mol. The van der Waals surface area contributed by atoms with Crippen LogP contribution in [0.1, 0.15) is 31.5 Å². The van der Waals surface area contributed by atoms with Crippen LogP contribution in [0.4, 0.5) is 0 Å². The maximum Gasteiger partial charge on any atom is 0.0897 e. The van der Waals surface area contributed by atoms with Gasteiger partial charge in [-0.3, -0.25) is 0 Å². The Morgan fingerprint density at radius 1 is 1.50 bits per heavy atom. The van der Waals surface area contributed by atoms with Gasteiger partial charge in [0.15, 0.2) is 0 Å². The molecule has 0 bridgehead atoms. The number of thiazole rings is 1. The van der Waals surface area contributed by atoms with Crippen LogP contribution < -0.4 is 0 Å². The molecule has 0 saturated carbocycles. The summed E-state index contributed by atoms with van der Waals surface area (Å²) in [6.07, 6.45) is 1.08. The van der Waals surface area contributed by atoms with Gasteiger partial charge >= 0.3 is 0 Å². The topological polar surface area (TPSA) is 12.9 Å². The Bertz CT molecular complexity index is 288. The van der Waals surface area contributed by atoms with Gasteiger partial charge in [-0.1, -0.05) is 36.7 Å². The molecule has 0 N–H and O–H groups in total. The predicted octanol–water partition coefficient (Wildman–Crippen LogP) is 4.05. The zero-order valence-corrected chi connectivity index (χ0v) is 11.7. The standard InChI is InChI=1S/C11H18BrNS/c1-8-13-10(7-14-8)5-9(6-12)11(2,3)4/h7,9H,5-6H2,1-4H3. The van der Waals surface area contributed by atoms with Crippen molar-refractivity contribution in [3.8, 4) is 0 Å². The van der Waals surface area contributed by atoms with Gasteiger partial charge in [0.1, 0.15) is 0 Å². The van der Waals surface area contributed by atoms with Crippen LogP contribution in [0, 0.1) is 18.3 Å². The monoisotopic (exact) mass is 275 g/mol. The lowest BCUT2D eigenvalue weighted by Gasteiger charge is -2.28. The van der Waals surface area contributed by atoms with Crippen LogP contribution >= 0.6 is 27.3 Å². The van der Waals surface area contributed by atoms with E-state index in [1.165, 1.54) is 10.7 Å². The largest absolute Gasteiger partial charge is 0.247 e. The van der Waals surface area contributed by atoms with Crippen molar-refractivity contribution in [3.05, 3.63) is 16.1 Å². The van der Waals surface area contributed by atoms with Gasteiger partial charge in [0.25, 0.3) is 0 Å². The number of halogens is 1. The highest BCUT2D eigenvalue weighted by atomic mass is 79.9. The molecule has 0 fully saturated rings. The molecule has 14 heavy (non-hydrogen) atoms. The summed E-state index contributed by atoms with van der Waals surface area (Å²) in [7, 11) is 0. The minimum atomic E-state index is 0.348. The highest BCUT2D eigenvalue weighted by molar-refractivity contribution is 9.09. The molecule has 1 aromatic heterocycles. The first-order valence-corrected chi connectivity index (χ1v) is 6.90. The zero-order chi connectivity index (χ0) is 10.8. The lowest BCUT2D eigenvalue weighted by Crippen LogP contribution is -2.24. The fourth-order valence-corrected chi connectivity index (χ4v) is 3.17. The Hall–Kier alpha value is 0.110. The van der Waals surface area contributed by atoms with Gasteiger partial charge in [-0.25, -0.2) is 4.98 Å². The highest BCUT2D eigenvalue weighted by Gasteiger charge is 2.24. The Morgan fingerprint density at radius 2 is 2.14 bits per heavy atom. The van der Waals surface area contributed by atoms with Crippen LogP contribution in [-0.4, -0.2) is 10.3 Å². The molecule has 80 valence electrons. The van der Waals surface area contributed by atoms with Crippen LogP contribution in [0.15, 0.2) is 5.38 Å². The molecule has 1 rings (SSSR count). The molecular formula is C11H18BrNS. The van der Waals surface area contributed by atoms with Gasteiger partial charge < -0.3 is 0 Å². The average molecular weight is 276 g/mol. The van der Waals surface area contributed by atoms with Crippen molar-refractivity contribution in [1.82, 2.24) is 4.98 Å². The molecule has 0 aliphatic heterocycles. The molecule has 1 atom stereocenters. The van der Waals surface area contributed by atoms with Crippen molar-refractivity contribution in [1.29, 1.82) is 0 Å². The number of alkyl halides is 1. The molecule has 1 unspecified atom stereocenters. The first-order chi connectivity index (χ1) is 6.43. The molecule has 0 aliphatic carbocycles. The minimum absolute atomic E-state index is 0.348. The molecule has 0 spiro atoms. The smallest absolute Gasteiger partial charge is 0.0897 e. The lowest BCUT2D eigenvalue weighted by atomic mass is 9.79. The van der Waals surface area contributed by atoms with Crippen molar-refractivity contribution in [2.45, 2.75) is 34.1 Å². The van der Waals surface area contributed by atoms with E-state index in [0.29, 0.717) is 11.3 Å². The van der Waals surface area contributed by atoms with E-state index in [1.54, 1.807) is 11.3 Å². The Kier molecular flexibility index (Phi) is 4.14. The molecule has 1 heterocycles. The number of hydrogen-bond acceptors (Lipinski definition) is 2. The molecule has 0 aliphatic rings. The van der Waals surface area contributed by atoms with Crippen LogP contribution in [0.2, 0.25) is 0 Å². The summed E-state index contributed by atoms with van der Waals surface area (Å²) in [5.41, 5.74) is 1.59. The van der Waals surface area contributed by atoms with E-state index in [2.05, 4.69) is 54.0 Å². The Balaban J connectivity index is 2.66. The molecule has 1 nitrogen and oxygen atoms in total. The molecule has 0 aromatic carbocycles. The van der Waals surface area contributed by atoms with E-state index in [1.807, 2.05) is 0 Å². The van der Waals surface area contributed by atoms with Gasteiger partial charge in [0.2, 0.25) is 0 Å². The third-order valence-corrected chi connectivity index (χ3v) is 4.14. The summed E-state index contributed by atoms with van der Waals surface area (Å²) < 4.78 is 0. The number of nitrogens with zero attached hydrogens (tertiary/aromatic N) is 1. The van der Waals surface area contributed by atoms with E-state index in [4.69, 9.17) is 0 Å². The first-order valence-electron chi connectivity index (χ1n) is 4.90. The highest BCUT2D eigenvalue weighted by Crippen LogP contribution is 2.30. The first kappa shape index (κ1) is 12.2. The van der Waals surface area contributed by atoms with E-state index in [0.717, 1.165) is 11.8 Å². The summed E-state index contributed by atoms with van der Waals surface area (Å²) in [6, 6.07) is 0. The van der Waals surface area contributed by atoms with Gasteiger partial charge in [-0.05, 0) is 24.7 Å². The van der Waals surface area contributed by atoms with Crippen LogP contribution in [0.25, 0.3) is 0 Å². The maximum atomic E-state index is 4.51. The summed E-state index contributed by atoms with van der Waals surface area (Å²) in [4.78, 5) is 4.51. The Labute approximate surface area is 99.1 Å². The van der Waals surface area contributed by atoms with E-state index < -0.39 is 0 Å². The van der Waals surface area contributed by atoms with Gasteiger partial charge in [0, 0.05) is 10.7 Å².